The van der Waals surface area contributed by atoms with E-state index in [-0.39, 0.29) is 5.92 Å². The molecule has 4 N–H and O–H groups in total. The summed E-state index contributed by atoms with van der Waals surface area (Å²) in [6, 6.07) is 12.7. The normalized spacial score (nSPS) is 16.3. The zero-order valence-electron chi connectivity index (χ0n) is 17.6. The number of amides is 2. The van der Waals surface area contributed by atoms with E-state index in [0.717, 1.165) is 22.1 Å². The molecule has 2 amide bonds. The van der Waals surface area contributed by atoms with Gasteiger partial charge < -0.3 is 25.5 Å². The number of nitrogens with two attached hydrogens (primary N) is 2. The summed E-state index contributed by atoms with van der Waals surface area (Å²) in [5, 5.41) is 4.55. The SMILES string of the molecule is COc1cc2nccc(Oc3ccc(C4CC4(C(N)=O)C(N)=O)cc3)c2cc1-c1cnoc1. The van der Waals surface area contributed by atoms with Crippen molar-refractivity contribution in [3.8, 4) is 28.4 Å². The fraction of sp³-hybridized carbons (Fsp3) is 0.167. The van der Waals surface area contributed by atoms with Gasteiger partial charge >= 0.3 is 0 Å². The molecule has 9 nitrogen and oxygen atoms in total. The molecule has 1 atom stereocenters. The van der Waals surface area contributed by atoms with E-state index >= 15 is 0 Å². The van der Waals surface area contributed by atoms with Gasteiger partial charge in [-0.3, -0.25) is 14.6 Å². The van der Waals surface area contributed by atoms with Crippen LogP contribution in [0.5, 0.6) is 17.2 Å². The van der Waals surface area contributed by atoms with Crippen molar-refractivity contribution in [1.82, 2.24) is 10.1 Å². The van der Waals surface area contributed by atoms with Gasteiger partial charge in [0.1, 0.15) is 28.9 Å². The summed E-state index contributed by atoms with van der Waals surface area (Å²) in [6.45, 7) is 0. The average molecular weight is 444 g/mol. The van der Waals surface area contributed by atoms with Crippen LogP contribution in [0.2, 0.25) is 0 Å². The lowest BCUT2D eigenvalue weighted by Crippen LogP contribution is -2.38. The molecule has 33 heavy (non-hydrogen) atoms. The highest BCUT2D eigenvalue weighted by Gasteiger charge is 2.64. The van der Waals surface area contributed by atoms with E-state index in [1.54, 1.807) is 37.7 Å². The lowest BCUT2D eigenvalue weighted by molar-refractivity contribution is -0.133. The molecule has 2 heterocycles. The van der Waals surface area contributed by atoms with Crippen LogP contribution in [0.3, 0.4) is 0 Å². The fourth-order valence-electron chi connectivity index (χ4n) is 4.20. The number of ether oxygens (including phenoxy) is 2. The van der Waals surface area contributed by atoms with Gasteiger partial charge in [0.15, 0.2) is 0 Å². The molecule has 0 radical (unpaired) electrons. The number of carbonyl (C=O) groups excluding carboxylic acids is 2. The second kappa shape index (κ2) is 7.63. The van der Waals surface area contributed by atoms with Gasteiger partial charge in [-0.2, -0.15) is 0 Å². The number of methoxy groups -OCH3 is 1. The Morgan fingerprint density at radius 3 is 2.45 bits per heavy atom. The van der Waals surface area contributed by atoms with Crippen molar-refractivity contribution >= 4 is 22.7 Å². The van der Waals surface area contributed by atoms with Crippen LogP contribution in [-0.4, -0.2) is 29.1 Å². The highest BCUT2D eigenvalue weighted by Crippen LogP contribution is 2.59. The second-order valence-electron chi connectivity index (χ2n) is 7.92. The molecule has 0 spiro atoms. The first-order valence-corrected chi connectivity index (χ1v) is 10.2. The lowest BCUT2D eigenvalue weighted by atomic mass is 9.97. The lowest BCUT2D eigenvalue weighted by Gasteiger charge is -2.13. The number of pyridine rings is 1. The molecule has 1 aliphatic carbocycles. The molecule has 0 saturated heterocycles. The Kier molecular flexibility index (Phi) is 4.74. The van der Waals surface area contributed by atoms with Gasteiger partial charge in [-0.1, -0.05) is 17.3 Å². The Balaban J connectivity index is 1.46. The molecule has 1 aliphatic rings. The Hall–Kier alpha value is -4.40. The fourth-order valence-corrected chi connectivity index (χ4v) is 4.20. The summed E-state index contributed by atoms with van der Waals surface area (Å²) in [5.41, 5.74) is 12.6. The van der Waals surface area contributed by atoms with Crippen molar-refractivity contribution in [3.63, 3.8) is 0 Å². The first-order chi connectivity index (χ1) is 15.9. The van der Waals surface area contributed by atoms with Gasteiger partial charge in [0.2, 0.25) is 11.8 Å². The molecule has 2 aromatic carbocycles. The van der Waals surface area contributed by atoms with E-state index in [9.17, 15) is 9.59 Å². The van der Waals surface area contributed by atoms with Gasteiger partial charge in [0.25, 0.3) is 0 Å². The number of hydrogen-bond donors (Lipinski definition) is 2. The molecule has 4 aromatic rings. The van der Waals surface area contributed by atoms with E-state index in [2.05, 4.69) is 10.1 Å². The third kappa shape index (κ3) is 3.34. The minimum Gasteiger partial charge on any atom is -0.496 e. The molecule has 166 valence electrons. The third-order valence-corrected chi connectivity index (χ3v) is 6.12. The second-order valence-corrected chi connectivity index (χ2v) is 7.92. The number of hydrogen-bond acceptors (Lipinski definition) is 7. The van der Waals surface area contributed by atoms with Crippen molar-refractivity contribution in [3.05, 3.63) is 66.7 Å². The quantitative estimate of drug-likeness (QED) is 0.417. The Bertz CT molecular complexity index is 1350. The summed E-state index contributed by atoms with van der Waals surface area (Å²) in [4.78, 5) is 28.0. The molecular weight excluding hydrogens is 424 g/mol. The summed E-state index contributed by atoms with van der Waals surface area (Å²) >= 11 is 0. The standard InChI is InChI=1S/C24H20N4O5/c1-31-21-9-19-17(8-16(21)14-11-28-32-12-14)20(6-7-27-19)33-15-4-2-13(3-5-15)18-10-24(18,22(25)29)23(26)30/h2-9,11-12,18H,10H2,1H3,(H2,25,29)(H2,26,30). The molecule has 0 aliphatic heterocycles. The van der Waals surface area contributed by atoms with Crippen LogP contribution < -0.4 is 20.9 Å². The maximum atomic E-state index is 11.8. The van der Waals surface area contributed by atoms with Gasteiger partial charge in [-0.05, 0) is 36.2 Å². The smallest absolute Gasteiger partial charge is 0.233 e. The first-order valence-electron chi connectivity index (χ1n) is 10.2. The van der Waals surface area contributed by atoms with Crippen LogP contribution in [0, 0.1) is 5.41 Å². The van der Waals surface area contributed by atoms with Crippen molar-refractivity contribution < 1.29 is 23.6 Å². The zero-order chi connectivity index (χ0) is 23.2. The van der Waals surface area contributed by atoms with E-state index in [1.165, 1.54) is 6.26 Å². The highest BCUT2D eigenvalue weighted by atomic mass is 16.5. The van der Waals surface area contributed by atoms with E-state index < -0.39 is 17.2 Å². The molecule has 1 saturated carbocycles. The van der Waals surface area contributed by atoms with Crippen LogP contribution in [0.15, 0.2) is 65.6 Å². The van der Waals surface area contributed by atoms with Gasteiger partial charge in [0.05, 0.1) is 18.8 Å². The summed E-state index contributed by atoms with van der Waals surface area (Å²) in [5.74, 6) is 0.116. The Morgan fingerprint density at radius 2 is 1.85 bits per heavy atom. The molecule has 5 rings (SSSR count). The number of carbonyl (C=O) groups is 2. The van der Waals surface area contributed by atoms with Crippen molar-refractivity contribution in [2.75, 3.05) is 7.11 Å². The van der Waals surface area contributed by atoms with E-state index in [1.807, 2.05) is 24.3 Å². The van der Waals surface area contributed by atoms with Crippen LogP contribution in [0.25, 0.3) is 22.0 Å². The molecule has 1 unspecified atom stereocenters. The number of benzene rings is 2. The van der Waals surface area contributed by atoms with Gasteiger partial charge in [-0.25, -0.2) is 0 Å². The Morgan fingerprint density at radius 1 is 1.09 bits per heavy atom. The van der Waals surface area contributed by atoms with Gasteiger partial charge in [-0.15, -0.1) is 0 Å². The maximum absolute atomic E-state index is 11.8. The zero-order valence-corrected chi connectivity index (χ0v) is 17.6. The Labute approximate surface area is 188 Å². The predicted molar refractivity (Wildman–Crippen MR) is 118 cm³/mol. The monoisotopic (exact) mass is 444 g/mol. The molecule has 1 fully saturated rings. The summed E-state index contributed by atoms with van der Waals surface area (Å²) in [7, 11) is 1.59. The van der Waals surface area contributed by atoms with Crippen LogP contribution in [0.1, 0.15) is 17.9 Å². The first kappa shape index (κ1) is 20.5. The summed E-state index contributed by atoms with van der Waals surface area (Å²) in [6.07, 6.45) is 5.12. The largest absolute Gasteiger partial charge is 0.496 e. The maximum Gasteiger partial charge on any atom is 0.233 e. The van der Waals surface area contributed by atoms with Crippen molar-refractivity contribution in [2.24, 2.45) is 16.9 Å². The van der Waals surface area contributed by atoms with Crippen LogP contribution in [-0.2, 0) is 9.59 Å². The van der Waals surface area contributed by atoms with Crippen LogP contribution >= 0.6 is 0 Å². The number of rotatable bonds is 7. The number of aromatic nitrogens is 2. The average Bonchev–Trinajstić information content (AvgIpc) is 3.37. The number of nitrogens with zero attached hydrogens (tertiary/aromatic N) is 2. The molecular formula is C24H20N4O5. The molecule has 9 heteroatoms. The van der Waals surface area contributed by atoms with Gasteiger partial charge in [0, 0.05) is 34.7 Å². The number of fused-ring (bicyclic) bond motifs is 1. The topological polar surface area (TPSA) is 144 Å². The minimum atomic E-state index is -1.30. The van der Waals surface area contributed by atoms with Crippen molar-refractivity contribution in [1.29, 1.82) is 0 Å². The highest BCUT2D eigenvalue weighted by molar-refractivity contribution is 6.08. The van der Waals surface area contributed by atoms with Crippen LogP contribution in [0.4, 0.5) is 0 Å². The summed E-state index contributed by atoms with van der Waals surface area (Å²) < 4.78 is 16.6. The molecule has 0 bridgehead atoms. The molecule has 2 aromatic heterocycles. The van der Waals surface area contributed by atoms with E-state index in [0.29, 0.717) is 29.2 Å². The van der Waals surface area contributed by atoms with Crippen molar-refractivity contribution in [2.45, 2.75) is 12.3 Å². The minimum absolute atomic E-state index is 0.318. The predicted octanol–water partition coefficient (Wildman–Crippen LogP) is 3.14. The number of primary amides is 2. The van der Waals surface area contributed by atoms with E-state index in [4.69, 9.17) is 25.5 Å². The third-order valence-electron chi connectivity index (χ3n) is 6.12.